The Labute approximate surface area is 208 Å². The molecule has 0 aromatic carbocycles. The van der Waals surface area contributed by atoms with Crippen molar-refractivity contribution in [2.45, 2.75) is 104 Å². The van der Waals surface area contributed by atoms with Gasteiger partial charge < -0.3 is 26.6 Å². The van der Waals surface area contributed by atoms with E-state index in [1.165, 1.54) is 13.3 Å². The Kier molecular flexibility index (Phi) is 8.03. The third-order valence-electron chi connectivity index (χ3n) is 6.52. The maximum absolute atomic E-state index is 13.4. The van der Waals surface area contributed by atoms with Crippen LogP contribution in [-0.2, 0) is 9.59 Å². The number of nitrogens with one attached hydrogen (secondary N) is 3. The largest absolute Gasteiger partial charge is 0.401 e. The standard InChI is InChI=1S/C25H42N8O2/c1-15(34)29-18-12-16(32-25(5,6)7)8-9-19(18)33-11-10-17(22(33)35)30-23-28-14-27-21(31-23)13-20(26)24(2,3)4/h13-14,16-19,32H,8-12,26H2,1-7H3,(H,29,34)(H,27,28,30,31). The molecule has 4 unspecified atom stereocenters. The van der Waals surface area contributed by atoms with Crippen LogP contribution in [0, 0.1) is 5.41 Å². The second-order valence-corrected chi connectivity index (χ2v) is 11.8. The zero-order chi connectivity index (χ0) is 26.0. The number of likely N-dealkylation sites (tertiary alicyclic amines) is 1. The molecule has 35 heavy (non-hydrogen) atoms. The lowest BCUT2D eigenvalue weighted by molar-refractivity contribution is -0.132. The molecule has 1 aromatic rings. The highest BCUT2D eigenvalue weighted by Gasteiger charge is 2.42. The second-order valence-electron chi connectivity index (χ2n) is 11.8. The van der Waals surface area contributed by atoms with Gasteiger partial charge in [0.05, 0.1) is 12.1 Å². The number of aromatic nitrogens is 3. The van der Waals surface area contributed by atoms with E-state index in [0.717, 1.165) is 19.3 Å². The van der Waals surface area contributed by atoms with Crippen molar-refractivity contribution in [3.63, 3.8) is 0 Å². The van der Waals surface area contributed by atoms with E-state index in [1.54, 1.807) is 6.08 Å². The summed E-state index contributed by atoms with van der Waals surface area (Å²) in [5, 5.41) is 9.94. The summed E-state index contributed by atoms with van der Waals surface area (Å²) in [6.07, 6.45) is 6.39. The summed E-state index contributed by atoms with van der Waals surface area (Å²) in [6, 6.07) is -0.234. The molecule has 2 aliphatic rings. The molecule has 1 aliphatic carbocycles. The second kappa shape index (κ2) is 10.5. The average Bonchev–Trinajstić information content (AvgIpc) is 3.06. The first-order valence-electron chi connectivity index (χ1n) is 12.5. The molecule has 10 heteroatoms. The van der Waals surface area contributed by atoms with Crippen molar-refractivity contribution < 1.29 is 9.59 Å². The quantitative estimate of drug-likeness (QED) is 0.479. The zero-order valence-electron chi connectivity index (χ0n) is 22.2. The highest BCUT2D eigenvalue weighted by molar-refractivity contribution is 5.86. The number of carbonyl (C=O) groups excluding carboxylic acids is 2. The van der Waals surface area contributed by atoms with Crippen LogP contribution in [0.3, 0.4) is 0 Å². The number of hydrogen-bond donors (Lipinski definition) is 4. The number of allylic oxidation sites excluding steroid dienone is 1. The van der Waals surface area contributed by atoms with Gasteiger partial charge in [-0.25, -0.2) is 9.97 Å². The van der Waals surface area contributed by atoms with Gasteiger partial charge in [-0.05, 0) is 46.5 Å². The molecule has 0 bridgehead atoms. The van der Waals surface area contributed by atoms with Crippen LogP contribution < -0.4 is 21.7 Å². The number of carbonyl (C=O) groups is 2. The first-order valence-corrected chi connectivity index (χ1v) is 12.5. The predicted octanol–water partition coefficient (Wildman–Crippen LogP) is 2.04. The van der Waals surface area contributed by atoms with Gasteiger partial charge in [0.1, 0.15) is 12.4 Å². The van der Waals surface area contributed by atoms with E-state index in [-0.39, 0.29) is 34.9 Å². The molecule has 2 fully saturated rings. The molecular formula is C25H42N8O2. The van der Waals surface area contributed by atoms with Gasteiger partial charge >= 0.3 is 0 Å². The molecule has 1 saturated heterocycles. The summed E-state index contributed by atoms with van der Waals surface area (Å²) in [6.45, 7) is 14.7. The van der Waals surface area contributed by atoms with Crippen LogP contribution in [0.4, 0.5) is 5.95 Å². The van der Waals surface area contributed by atoms with E-state index in [2.05, 4.69) is 51.7 Å². The van der Waals surface area contributed by atoms with Crippen LogP contribution in [0.25, 0.3) is 6.08 Å². The molecule has 194 valence electrons. The molecule has 1 aliphatic heterocycles. The number of hydrogen-bond acceptors (Lipinski definition) is 8. The zero-order valence-corrected chi connectivity index (χ0v) is 22.2. The van der Waals surface area contributed by atoms with Crippen molar-refractivity contribution in [3.8, 4) is 0 Å². The van der Waals surface area contributed by atoms with Gasteiger partial charge in [-0.2, -0.15) is 4.98 Å². The lowest BCUT2D eigenvalue weighted by Gasteiger charge is -2.43. The molecular weight excluding hydrogens is 444 g/mol. The molecule has 2 heterocycles. The molecule has 3 rings (SSSR count). The normalized spacial score (nSPS) is 26.1. The molecule has 0 spiro atoms. The molecule has 4 atom stereocenters. The SMILES string of the molecule is CC(=O)NC1CC(NC(C)(C)C)CCC1N1CCC(Nc2ncnc(C=C(N)C(C)(C)C)n2)C1=O. The van der Waals surface area contributed by atoms with Crippen molar-refractivity contribution in [2.75, 3.05) is 11.9 Å². The number of amides is 2. The molecule has 1 saturated carbocycles. The van der Waals surface area contributed by atoms with Gasteiger partial charge in [0.25, 0.3) is 0 Å². The van der Waals surface area contributed by atoms with Crippen LogP contribution in [0.5, 0.6) is 0 Å². The van der Waals surface area contributed by atoms with Gasteiger partial charge in [0, 0.05) is 42.2 Å². The first-order chi connectivity index (χ1) is 16.2. The predicted molar refractivity (Wildman–Crippen MR) is 137 cm³/mol. The van der Waals surface area contributed by atoms with E-state index in [9.17, 15) is 9.59 Å². The Morgan fingerprint density at radius 2 is 1.86 bits per heavy atom. The van der Waals surface area contributed by atoms with Gasteiger partial charge in [-0.1, -0.05) is 20.8 Å². The van der Waals surface area contributed by atoms with Crippen LogP contribution >= 0.6 is 0 Å². The van der Waals surface area contributed by atoms with E-state index >= 15 is 0 Å². The van der Waals surface area contributed by atoms with Crippen molar-refractivity contribution in [2.24, 2.45) is 11.1 Å². The van der Waals surface area contributed by atoms with Gasteiger partial charge in [0.2, 0.25) is 17.8 Å². The number of anilines is 1. The van der Waals surface area contributed by atoms with E-state index in [0.29, 0.717) is 36.5 Å². The number of rotatable bonds is 6. The Morgan fingerprint density at radius 1 is 1.14 bits per heavy atom. The smallest absolute Gasteiger partial charge is 0.245 e. The van der Waals surface area contributed by atoms with Gasteiger partial charge in [-0.3, -0.25) is 9.59 Å². The molecule has 1 aromatic heterocycles. The molecule has 5 N–H and O–H groups in total. The van der Waals surface area contributed by atoms with Crippen LogP contribution in [0.1, 0.15) is 80.0 Å². The fourth-order valence-corrected chi connectivity index (χ4v) is 4.81. The van der Waals surface area contributed by atoms with E-state index in [1.807, 2.05) is 25.7 Å². The van der Waals surface area contributed by atoms with Crippen molar-refractivity contribution in [1.29, 1.82) is 0 Å². The minimum Gasteiger partial charge on any atom is -0.401 e. The molecule has 0 radical (unpaired) electrons. The fourth-order valence-electron chi connectivity index (χ4n) is 4.81. The van der Waals surface area contributed by atoms with Crippen molar-refractivity contribution >= 4 is 23.8 Å². The summed E-state index contributed by atoms with van der Waals surface area (Å²) < 4.78 is 0. The number of nitrogens with zero attached hydrogens (tertiary/aromatic N) is 4. The maximum Gasteiger partial charge on any atom is 0.245 e. The Morgan fingerprint density at radius 3 is 2.49 bits per heavy atom. The summed E-state index contributed by atoms with van der Waals surface area (Å²) in [5.74, 6) is 0.745. The third kappa shape index (κ3) is 7.37. The Bertz CT molecular complexity index is 950. The minimum absolute atomic E-state index is 0.00706. The van der Waals surface area contributed by atoms with E-state index in [4.69, 9.17) is 5.73 Å². The van der Waals surface area contributed by atoms with Crippen molar-refractivity contribution in [3.05, 3.63) is 17.8 Å². The average molecular weight is 487 g/mol. The van der Waals surface area contributed by atoms with Crippen LogP contribution in [0.2, 0.25) is 0 Å². The third-order valence-corrected chi connectivity index (χ3v) is 6.52. The molecule has 10 nitrogen and oxygen atoms in total. The summed E-state index contributed by atoms with van der Waals surface area (Å²) in [7, 11) is 0. The maximum atomic E-state index is 13.4. The van der Waals surface area contributed by atoms with Gasteiger partial charge in [-0.15, -0.1) is 0 Å². The van der Waals surface area contributed by atoms with Crippen molar-refractivity contribution in [1.82, 2.24) is 30.5 Å². The topological polar surface area (TPSA) is 138 Å². The Balaban J connectivity index is 1.69. The Hall–Kier alpha value is -2.75. The first kappa shape index (κ1) is 26.8. The monoisotopic (exact) mass is 486 g/mol. The van der Waals surface area contributed by atoms with E-state index < -0.39 is 6.04 Å². The fraction of sp³-hybridized carbons (Fsp3) is 0.720. The lowest BCUT2D eigenvalue weighted by Crippen LogP contribution is -2.59. The van der Waals surface area contributed by atoms with Gasteiger partial charge in [0.15, 0.2) is 5.82 Å². The highest BCUT2D eigenvalue weighted by atomic mass is 16.2. The minimum atomic E-state index is -0.419. The number of nitrogens with two attached hydrogens (primary N) is 1. The summed E-state index contributed by atoms with van der Waals surface area (Å²) in [4.78, 5) is 40.1. The molecule has 2 amide bonds. The van der Waals surface area contributed by atoms with Crippen LogP contribution in [-0.4, -0.2) is 67.9 Å². The highest BCUT2D eigenvalue weighted by Crippen LogP contribution is 2.29. The summed E-state index contributed by atoms with van der Waals surface area (Å²) in [5.41, 5.74) is 6.61. The van der Waals surface area contributed by atoms with Crippen LogP contribution in [0.15, 0.2) is 12.0 Å². The summed E-state index contributed by atoms with van der Waals surface area (Å²) >= 11 is 0. The lowest BCUT2D eigenvalue weighted by atomic mass is 9.84.